The average molecular weight is 257 g/mol. The van der Waals surface area contributed by atoms with E-state index in [4.69, 9.17) is 9.47 Å². The van der Waals surface area contributed by atoms with Gasteiger partial charge in [0.1, 0.15) is 0 Å². The maximum absolute atomic E-state index is 5.72. The standard InChI is InChI=1S/C15H31NO2/c1-4-13-7-6-8-14(11-13)15(16-5-2)12-18-10-9-17-3/h13-16H,4-12H2,1-3H3. The summed E-state index contributed by atoms with van der Waals surface area (Å²) in [7, 11) is 1.72. The number of rotatable bonds is 9. The zero-order valence-electron chi connectivity index (χ0n) is 12.4. The molecule has 1 N–H and O–H groups in total. The molecule has 1 rings (SSSR count). The molecule has 108 valence electrons. The fourth-order valence-electron chi connectivity index (χ4n) is 3.05. The molecule has 1 saturated carbocycles. The van der Waals surface area contributed by atoms with Crippen molar-refractivity contribution in [3.8, 4) is 0 Å². The second-order valence-corrected chi connectivity index (χ2v) is 5.43. The van der Waals surface area contributed by atoms with Crippen molar-refractivity contribution in [1.82, 2.24) is 5.32 Å². The molecule has 0 bridgehead atoms. The molecule has 0 aromatic carbocycles. The summed E-state index contributed by atoms with van der Waals surface area (Å²) in [6.45, 7) is 7.78. The van der Waals surface area contributed by atoms with E-state index >= 15 is 0 Å². The first-order valence-corrected chi connectivity index (χ1v) is 7.61. The predicted molar refractivity (Wildman–Crippen MR) is 75.9 cm³/mol. The molecular formula is C15H31NO2. The Morgan fingerprint density at radius 1 is 1.22 bits per heavy atom. The summed E-state index contributed by atoms with van der Waals surface area (Å²) >= 11 is 0. The highest BCUT2D eigenvalue weighted by atomic mass is 16.5. The van der Waals surface area contributed by atoms with Crippen LogP contribution in [0, 0.1) is 11.8 Å². The molecular weight excluding hydrogens is 226 g/mol. The molecule has 0 saturated heterocycles. The van der Waals surface area contributed by atoms with Gasteiger partial charge in [-0.1, -0.05) is 33.1 Å². The number of methoxy groups -OCH3 is 1. The van der Waals surface area contributed by atoms with E-state index in [2.05, 4.69) is 19.2 Å². The monoisotopic (exact) mass is 257 g/mol. The van der Waals surface area contributed by atoms with Gasteiger partial charge in [-0.2, -0.15) is 0 Å². The molecule has 0 heterocycles. The molecule has 0 aromatic heterocycles. The van der Waals surface area contributed by atoms with Crippen LogP contribution < -0.4 is 5.32 Å². The van der Waals surface area contributed by atoms with Gasteiger partial charge in [-0.3, -0.25) is 0 Å². The van der Waals surface area contributed by atoms with Gasteiger partial charge in [-0.25, -0.2) is 0 Å². The molecule has 0 radical (unpaired) electrons. The molecule has 0 aliphatic heterocycles. The van der Waals surface area contributed by atoms with Gasteiger partial charge in [0.25, 0.3) is 0 Å². The van der Waals surface area contributed by atoms with Gasteiger partial charge in [0, 0.05) is 13.2 Å². The van der Waals surface area contributed by atoms with Crippen molar-refractivity contribution < 1.29 is 9.47 Å². The third kappa shape index (κ3) is 5.68. The third-order valence-electron chi connectivity index (χ3n) is 4.17. The number of nitrogens with one attached hydrogen (secondary N) is 1. The van der Waals surface area contributed by atoms with Crippen LogP contribution >= 0.6 is 0 Å². The van der Waals surface area contributed by atoms with E-state index in [0.29, 0.717) is 19.3 Å². The van der Waals surface area contributed by atoms with Gasteiger partial charge in [-0.15, -0.1) is 0 Å². The lowest BCUT2D eigenvalue weighted by molar-refractivity contribution is 0.0418. The van der Waals surface area contributed by atoms with Gasteiger partial charge < -0.3 is 14.8 Å². The SMILES string of the molecule is CCNC(COCCOC)C1CCCC(CC)C1. The zero-order valence-corrected chi connectivity index (χ0v) is 12.4. The highest BCUT2D eigenvalue weighted by molar-refractivity contribution is 4.82. The van der Waals surface area contributed by atoms with E-state index in [1.54, 1.807) is 7.11 Å². The highest BCUT2D eigenvalue weighted by Crippen LogP contribution is 2.32. The van der Waals surface area contributed by atoms with E-state index in [1.165, 1.54) is 32.1 Å². The van der Waals surface area contributed by atoms with Crippen LogP contribution in [0.1, 0.15) is 46.0 Å². The van der Waals surface area contributed by atoms with Crippen LogP contribution in [0.2, 0.25) is 0 Å². The molecule has 0 spiro atoms. The van der Waals surface area contributed by atoms with Crippen LogP contribution in [0.15, 0.2) is 0 Å². The summed E-state index contributed by atoms with van der Waals surface area (Å²) in [5.41, 5.74) is 0. The summed E-state index contributed by atoms with van der Waals surface area (Å²) in [5, 5.41) is 3.61. The maximum Gasteiger partial charge on any atom is 0.0701 e. The van der Waals surface area contributed by atoms with Crippen molar-refractivity contribution in [1.29, 1.82) is 0 Å². The molecule has 1 fully saturated rings. The van der Waals surface area contributed by atoms with E-state index in [1.807, 2.05) is 0 Å². The second kappa shape index (κ2) is 9.76. The highest BCUT2D eigenvalue weighted by Gasteiger charge is 2.27. The Kier molecular flexibility index (Phi) is 8.64. The van der Waals surface area contributed by atoms with Crippen LogP contribution in [-0.2, 0) is 9.47 Å². The summed E-state index contributed by atoms with van der Waals surface area (Å²) < 4.78 is 10.7. The average Bonchev–Trinajstić information content (AvgIpc) is 2.42. The Bertz CT molecular complexity index is 199. The normalized spacial score (nSPS) is 26.2. The van der Waals surface area contributed by atoms with Crippen LogP contribution in [-0.4, -0.2) is 39.5 Å². The molecule has 1 aliphatic rings. The summed E-state index contributed by atoms with van der Waals surface area (Å²) in [5.74, 6) is 1.73. The molecule has 3 atom stereocenters. The summed E-state index contributed by atoms with van der Waals surface area (Å²) in [6.07, 6.45) is 6.89. The number of likely N-dealkylation sites (N-methyl/N-ethyl adjacent to an activating group) is 1. The lowest BCUT2D eigenvalue weighted by Crippen LogP contribution is -2.42. The number of hydrogen-bond donors (Lipinski definition) is 1. The first-order valence-electron chi connectivity index (χ1n) is 7.61. The van der Waals surface area contributed by atoms with Crippen molar-refractivity contribution in [3.05, 3.63) is 0 Å². The van der Waals surface area contributed by atoms with Crippen LogP contribution in [0.3, 0.4) is 0 Å². The van der Waals surface area contributed by atoms with E-state index in [9.17, 15) is 0 Å². The van der Waals surface area contributed by atoms with Gasteiger partial charge >= 0.3 is 0 Å². The van der Waals surface area contributed by atoms with E-state index in [0.717, 1.165) is 25.0 Å². The minimum atomic E-state index is 0.529. The lowest BCUT2D eigenvalue weighted by atomic mass is 9.77. The molecule has 3 heteroatoms. The zero-order chi connectivity index (χ0) is 13.2. The molecule has 1 aliphatic carbocycles. The van der Waals surface area contributed by atoms with Crippen molar-refractivity contribution in [3.63, 3.8) is 0 Å². The first-order chi connectivity index (χ1) is 8.81. The van der Waals surface area contributed by atoms with Crippen LogP contribution in [0.4, 0.5) is 0 Å². The Balaban J connectivity index is 2.34. The molecule has 0 aromatic rings. The van der Waals surface area contributed by atoms with Crippen molar-refractivity contribution >= 4 is 0 Å². The first kappa shape index (κ1) is 15.9. The molecule has 3 unspecified atom stereocenters. The van der Waals surface area contributed by atoms with Gasteiger partial charge in [0.2, 0.25) is 0 Å². The van der Waals surface area contributed by atoms with Crippen LogP contribution in [0.25, 0.3) is 0 Å². The topological polar surface area (TPSA) is 30.5 Å². The molecule has 18 heavy (non-hydrogen) atoms. The number of ether oxygens (including phenoxy) is 2. The van der Waals surface area contributed by atoms with Gasteiger partial charge in [-0.05, 0) is 31.2 Å². The summed E-state index contributed by atoms with van der Waals surface area (Å²) in [4.78, 5) is 0. The van der Waals surface area contributed by atoms with Crippen LogP contribution in [0.5, 0.6) is 0 Å². The Labute approximate surface area is 113 Å². The van der Waals surface area contributed by atoms with Crippen molar-refractivity contribution in [2.45, 2.75) is 52.0 Å². The number of hydrogen-bond acceptors (Lipinski definition) is 3. The predicted octanol–water partition coefficient (Wildman–Crippen LogP) is 2.84. The fraction of sp³-hybridized carbons (Fsp3) is 1.00. The lowest BCUT2D eigenvalue weighted by Gasteiger charge is -2.34. The minimum absolute atomic E-state index is 0.529. The van der Waals surface area contributed by atoms with Gasteiger partial charge in [0.05, 0.1) is 19.8 Å². The fourth-order valence-corrected chi connectivity index (χ4v) is 3.05. The molecule has 3 nitrogen and oxygen atoms in total. The quantitative estimate of drug-likeness (QED) is 0.644. The Morgan fingerprint density at radius 3 is 2.72 bits per heavy atom. The van der Waals surface area contributed by atoms with E-state index < -0.39 is 0 Å². The van der Waals surface area contributed by atoms with Crippen molar-refractivity contribution in [2.24, 2.45) is 11.8 Å². The Hall–Kier alpha value is -0.120. The van der Waals surface area contributed by atoms with Crippen molar-refractivity contribution in [2.75, 3.05) is 33.5 Å². The molecule has 0 amide bonds. The van der Waals surface area contributed by atoms with Gasteiger partial charge in [0.15, 0.2) is 0 Å². The van der Waals surface area contributed by atoms with E-state index in [-0.39, 0.29) is 0 Å². The summed E-state index contributed by atoms with van der Waals surface area (Å²) in [6, 6.07) is 0.529. The largest absolute Gasteiger partial charge is 0.382 e. The Morgan fingerprint density at radius 2 is 2.06 bits per heavy atom. The minimum Gasteiger partial charge on any atom is -0.382 e. The second-order valence-electron chi connectivity index (χ2n) is 5.43. The smallest absolute Gasteiger partial charge is 0.0701 e. The maximum atomic E-state index is 5.72. The third-order valence-corrected chi connectivity index (χ3v) is 4.17.